The number of hydrogen-bond donors (Lipinski definition) is 2. The van der Waals surface area contributed by atoms with Gasteiger partial charge in [-0.15, -0.1) is 11.6 Å². The second-order valence-corrected chi connectivity index (χ2v) is 6.62. The van der Waals surface area contributed by atoms with E-state index in [9.17, 15) is 8.42 Å². The first-order valence-corrected chi connectivity index (χ1v) is 7.63. The fraction of sp³-hybridized carbons (Fsp3) is 0.700. The zero-order valence-corrected chi connectivity index (χ0v) is 11.0. The minimum Gasteiger partial charge on any atom is -0.335 e. The van der Waals surface area contributed by atoms with Crippen LogP contribution < -0.4 is 4.72 Å². The molecular formula is C10H16ClN3O2S. The van der Waals surface area contributed by atoms with E-state index in [-0.39, 0.29) is 16.3 Å². The molecule has 1 aliphatic rings. The van der Waals surface area contributed by atoms with Gasteiger partial charge >= 0.3 is 0 Å². The second-order valence-electron chi connectivity index (χ2n) is 4.33. The zero-order valence-electron chi connectivity index (χ0n) is 9.39. The van der Waals surface area contributed by atoms with Crippen LogP contribution in [0, 0.1) is 5.92 Å². The summed E-state index contributed by atoms with van der Waals surface area (Å²) in [5.41, 5.74) is 0. The molecular weight excluding hydrogens is 262 g/mol. The highest BCUT2D eigenvalue weighted by molar-refractivity contribution is 7.89. The van der Waals surface area contributed by atoms with E-state index in [0.29, 0.717) is 6.54 Å². The molecule has 0 bridgehead atoms. The molecule has 2 unspecified atom stereocenters. The van der Waals surface area contributed by atoms with Crippen LogP contribution in [0.1, 0.15) is 25.7 Å². The summed E-state index contributed by atoms with van der Waals surface area (Å²) in [5, 5.41) is 0.174. The Kier molecular flexibility index (Phi) is 4.06. The van der Waals surface area contributed by atoms with Crippen LogP contribution in [0.4, 0.5) is 0 Å². The average Bonchev–Trinajstić information content (AvgIpc) is 2.82. The first-order chi connectivity index (χ1) is 8.09. The van der Waals surface area contributed by atoms with Crippen molar-refractivity contribution in [2.45, 2.75) is 36.1 Å². The Labute approximate surface area is 106 Å². The van der Waals surface area contributed by atoms with Gasteiger partial charge in [0.15, 0.2) is 5.03 Å². The van der Waals surface area contributed by atoms with Crippen molar-refractivity contribution in [1.82, 2.24) is 14.7 Å². The van der Waals surface area contributed by atoms with Gasteiger partial charge in [-0.2, -0.15) is 0 Å². The third kappa shape index (κ3) is 3.20. The lowest BCUT2D eigenvalue weighted by molar-refractivity contribution is 0.364. The average molecular weight is 278 g/mol. The third-order valence-electron chi connectivity index (χ3n) is 3.11. The molecule has 96 valence electrons. The van der Waals surface area contributed by atoms with E-state index in [1.54, 1.807) is 0 Å². The fourth-order valence-corrected chi connectivity index (χ4v) is 3.44. The van der Waals surface area contributed by atoms with Crippen LogP contribution in [-0.4, -0.2) is 30.3 Å². The van der Waals surface area contributed by atoms with Gasteiger partial charge in [-0.3, -0.25) is 0 Å². The van der Waals surface area contributed by atoms with E-state index < -0.39 is 10.0 Å². The van der Waals surface area contributed by atoms with E-state index in [4.69, 9.17) is 11.6 Å². The van der Waals surface area contributed by atoms with Gasteiger partial charge in [0.05, 0.1) is 12.5 Å². The molecule has 1 aromatic heterocycles. The van der Waals surface area contributed by atoms with E-state index in [1.807, 2.05) is 0 Å². The largest absolute Gasteiger partial charge is 0.335 e. The van der Waals surface area contributed by atoms with Crippen LogP contribution in [-0.2, 0) is 10.0 Å². The van der Waals surface area contributed by atoms with Crippen molar-refractivity contribution in [3.63, 3.8) is 0 Å². The van der Waals surface area contributed by atoms with Crippen molar-refractivity contribution in [3.8, 4) is 0 Å². The van der Waals surface area contributed by atoms with Crippen LogP contribution in [0.2, 0.25) is 0 Å². The topological polar surface area (TPSA) is 74.8 Å². The normalized spacial score (nSPS) is 25.9. The van der Waals surface area contributed by atoms with Crippen LogP contribution in [0.15, 0.2) is 17.6 Å². The van der Waals surface area contributed by atoms with Crippen molar-refractivity contribution in [2.24, 2.45) is 5.92 Å². The molecule has 0 spiro atoms. The lowest BCUT2D eigenvalue weighted by Gasteiger charge is -2.26. The molecule has 17 heavy (non-hydrogen) atoms. The Hall–Kier alpha value is -0.590. The maximum Gasteiger partial charge on any atom is 0.257 e. The van der Waals surface area contributed by atoms with Crippen molar-refractivity contribution in [3.05, 3.63) is 12.5 Å². The van der Waals surface area contributed by atoms with Crippen LogP contribution in [0.3, 0.4) is 0 Å². The Morgan fingerprint density at radius 3 is 2.88 bits per heavy atom. The molecule has 0 radical (unpaired) electrons. The molecule has 0 aromatic carbocycles. The number of halogens is 1. The van der Waals surface area contributed by atoms with E-state index in [1.165, 1.54) is 12.5 Å². The van der Waals surface area contributed by atoms with Gasteiger partial charge in [-0.25, -0.2) is 18.1 Å². The molecule has 1 fully saturated rings. The molecule has 1 saturated carbocycles. The molecule has 7 heteroatoms. The summed E-state index contributed by atoms with van der Waals surface area (Å²) < 4.78 is 26.2. The first kappa shape index (κ1) is 12.9. The lowest BCUT2D eigenvalue weighted by atomic mass is 9.89. The van der Waals surface area contributed by atoms with Gasteiger partial charge in [0.25, 0.3) is 10.0 Å². The van der Waals surface area contributed by atoms with Gasteiger partial charge in [-0.05, 0) is 18.8 Å². The molecule has 2 atom stereocenters. The second kappa shape index (κ2) is 5.37. The van der Waals surface area contributed by atoms with E-state index in [2.05, 4.69) is 14.7 Å². The SMILES string of the molecule is O=S(=O)(NCC1CCCCC1Cl)c1cnc[nH]1. The van der Waals surface area contributed by atoms with Gasteiger partial charge in [0.2, 0.25) is 0 Å². The van der Waals surface area contributed by atoms with Crippen LogP contribution in [0.25, 0.3) is 0 Å². The highest BCUT2D eigenvalue weighted by atomic mass is 35.5. The minimum absolute atomic E-state index is 0.0771. The summed E-state index contributed by atoms with van der Waals surface area (Å²) in [4.78, 5) is 6.28. The molecule has 5 nitrogen and oxygen atoms in total. The first-order valence-electron chi connectivity index (χ1n) is 5.72. The highest BCUT2D eigenvalue weighted by Crippen LogP contribution is 2.28. The minimum atomic E-state index is -3.47. The molecule has 0 aliphatic heterocycles. The highest BCUT2D eigenvalue weighted by Gasteiger charge is 2.25. The number of nitrogens with one attached hydrogen (secondary N) is 2. The van der Waals surface area contributed by atoms with Crippen molar-refractivity contribution < 1.29 is 8.42 Å². The predicted octanol–water partition coefficient (Wildman–Crippen LogP) is 1.49. The summed E-state index contributed by atoms with van der Waals surface area (Å²) in [7, 11) is -3.47. The number of imidazole rings is 1. The summed E-state index contributed by atoms with van der Waals surface area (Å²) >= 11 is 6.18. The van der Waals surface area contributed by atoms with Crippen molar-refractivity contribution in [1.29, 1.82) is 0 Å². The van der Waals surface area contributed by atoms with Crippen molar-refractivity contribution >= 4 is 21.6 Å². The summed E-state index contributed by atoms with van der Waals surface area (Å²) in [6.07, 6.45) is 6.86. The molecule has 1 aliphatic carbocycles. The molecule has 1 aromatic rings. The molecule has 0 amide bonds. The van der Waals surface area contributed by atoms with Crippen LogP contribution in [0.5, 0.6) is 0 Å². The Morgan fingerprint density at radius 2 is 2.24 bits per heavy atom. The molecule has 1 heterocycles. The Morgan fingerprint density at radius 1 is 1.47 bits per heavy atom. The van der Waals surface area contributed by atoms with Gasteiger partial charge in [-0.1, -0.05) is 12.8 Å². The van der Waals surface area contributed by atoms with Crippen LogP contribution >= 0.6 is 11.6 Å². The standard InChI is InChI=1S/C10H16ClN3O2S/c11-9-4-2-1-3-8(9)5-14-17(15,16)10-6-12-7-13-10/h6-9,14H,1-5H2,(H,12,13). The molecule has 2 rings (SSSR count). The summed E-state index contributed by atoms with van der Waals surface area (Å²) in [5.74, 6) is 0.225. The maximum absolute atomic E-state index is 11.8. The monoisotopic (exact) mass is 277 g/mol. The third-order valence-corrected chi connectivity index (χ3v) is 5.04. The Balaban J connectivity index is 1.93. The van der Waals surface area contributed by atoms with Gasteiger partial charge < -0.3 is 4.98 Å². The number of nitrogens with zero attached hydrogens (tertiary/aromatic N) is 1. The Bertz CT molecular complexity index is 446. The van der Waals surface area contributed by atoms with E-state index >= 15 is 0 Å². The number of aromatic amines is 1. The smallest absolute Gasteiger partial charge is 0.257 e. The number of H-pyrrole nitrogens is 1. The predicted molar refractivity (Wildman–Crippen MR) is 65.4 cm³/mol. The number of aromatic nitrogens is 2. The molecule has 2 N–H and O–H groups in total. The van der Waals surface area contributed by atoms with Gasteiger partial charge in [0, 0.05) is 11.9 Å². The number of hydrogen-bond acceptors (Lipinski definition) is 3. The number of alkyl halides is 1. The quantitative estimate of drug-likeness (QED) is 0.819. The van der Waals surface area contributed by atoms with E-state index in [0.717, 1.165) is 25.7 Å². The number of rotatable bonds is 4. The maximum atomic E-state index is 11.8. The lowest BCUT2D eigenvalue weighted by Crippen LogP contribution is -2.34. The zero-order chi connectivity index (χ0) is 12.3. The molecule has 0 saturated heterocycles. The van der Waals surface area contributed by atoms with Gasteiger partial charge in [0.1, 0.15) is 0 Å². The fourth-order valence-electron chi connectivity index (χ4n) is 2.08. The summed E-state index contributed by atoms with van der Waals surface area (Å²) in [6, 6.07) is 0. The summed E-state index contributed by atoms with van der Waals surface area (Å²) in [6.45, 7) is 0.398. The van der Waals surface area contributed by atoms with Crippen molar-refractivity contribution in [2.75, 3.05) is 6.54 Å². The number of sulfonamides is 1.